The van der Waals surface area contributed by atoms with Crippen molar-refractivity contribution in [1.82, 2.24) is 0 Å². The van der Waals surface area contributed by atoms with E-state index in [1.165, 1.54) is 5.56 Å². The Balaban J connectivity index is 3.33. The van der Waals surface area contributed by atoms with E-state index in [0.717, 1.165) is 15.6 Å². The third-order valence-electron chi connectivity index (χ3n) is 2.63. The number of phenols is 1. The highest BCUT2D eigenvalue weighted by molar-refractivity contribution is 14.1. The zero-order valence-corrected chi connectivity index (χ0v) is 12.0. The summed E-state index contributed by atoms with van der Waals surface area (Å²) >= 11 is 2.36. The van der Waals surface area contributed by atoms with Crippen LogP contribution >= 0.6 is 22.6 Å². The van der Waals surface area contributed by atoms with Gasteiger partial charge in [-0.25, -0.2) is 0 Å². The quantitative estimate of drug-likeness (QED) is 0.639. The van der Waals surface area contributed by atoms with Crippen LogP contribution in [0.2, 0.25) is 0 Å². The Hall–Kier alpha value is -0.250. The minimum absolute atomic E-state index is 0.380. The Morgan fingerprint density at radius 1 is 1.07 bits per heavy atom. The molecule has 2 heteroatoms. The van der Waals surface area contributed by atoms with Crippen molar-refractivity contribution in [3.63, 3.8) is 0 Å². The smallest absolute Gasteiger partial charge is 0.122 e. The lowest BCUT2D eigenvalue weighted by atomic mass is 9.92. The van der Waals surface area contributed by atoms with Gasteiger partial charge in [0.2, 0.25) is 0 Å². The van der Waals surface area contributed by atoms with E-state index in [4.69, 9.17) is 0 Å². The summed E-state index contributed by atoms with van der Waals surface area (Å²) in [5.41, 5.74) is 3.46. The second-order valence-corrected chi connectivity index (χ2v) is 5.33. The fraction of sp³-hybridized carbons (Fsp3) is 0.538. The minimum Gasteiger partial charge on any atom is -0.507 e. The topological polar surface area (TPSA) is 20.2 Å². The number of benzene rings is 1. The molecule has 1 aromatic carbocycles. The fourth-order valence-electron chi connectivity index (χ4n) is 1.70. The Bertz CT molecular complexity index is 313. The van der Waals surface area contributed by atoms with Gasteiger partial charge in [-0.15, -0.1) is 0 Å². The molecule has 1 nitrogen and oxygen atoms in total. The summed E-state index contributed by atoms with van der Waals surface area (Å²) in [5.74, 6) is 1.25. The summed E-state index contributed by atoms with van der Waals surface area (Å²) in [7, 11) is 0. The highest BCUT2D eigenvalue weighted by Gasteiger charge is 2.14. The number of hydrogen-bond acceptors (Lipinski definition) is 1. The molecular weight excluding hydrogens is 299 g/mol. The van der Waals surface area contributed by atoms with Crippen LogP contribution in [0.1, 0.15) is 56.2 Å². The van der Waals surface area contributed by atoms with Crippen LogP contribution in [-0.4, -0.2) is 5.11 Å². The van der Waals surface area contributed by atoms with Crippen LogP contribution in [0.4, 0.5) is 0 Å². The summed E-state index contributed by atoms with van der Waals surface area (Å²) in [6.45, 7) is 8.48. The maximum atomic E-state index is 10.1. The lowest BCUT2D eigenvalue weighted by Gasteiger charge is -2.16. The molecule has 0 amide bonds. The second kappa shape index (κ2) is 5.19. The van der Waals surface area contributed by atoms with Gasteiger partial charge in [0.05, 0.1) is 0 Å². The van der Waals surface area contributed by atoms with Crippen LogP contribution in [0.15, 0.2) is 12.1 Å². The van der Waals surface area contributed by atoms with Gasteiger partial charge in [0.15, 0.2) is 0 Å². The van der Waals surface area contributed by atoms with Crippen LogP contribution in [0.25, 0.3) is 0 Å². The third kappa shape index (κ3) is 2.86. The molecule has 0 radical (unpaired) electrons. The predicted molar refractivity (Wildman–Crippen MR) is 74.0 cm³/mol. The maximum absolute atomic E-state index is 10.1. The van der Waals surface area contributed by atoms with Gasteiger partial charge < -0.3 is 5.11 Å². The van der Waals surface area contributed by atoms with Gasteiger partial charge in [-0.1, -0.05) is 62.4 Å². The van der Waals surface area contributed by atoms with Crippen molar-refractivity contribution in [3.05, 3.63) is 28.8 Å². The van der Waals surface area contributed by atoms with Crippen LogP contribution in [0.3, 0.4) is 0 Å². The summed E-state index contributed by atoms with van der Waals surface area (Å²) in [6, 6.07) is 4.25. The highest BCUT2D eigenvalue weighted by Crippen LogP contribution is 2.35. The molecule has 1 N–H and O–H groups in total. The van der Waals surface area contributed by atoms with Crippen molar-refractivity contribution < 1.29 is 5.11 Å². The molecular formula is C13H19IO. The predicted octanol–water partition coefficient (Wildman–Crippen LogP) is 4.57. The number of hydrogen-bond donors (Lipinski definition) is 1. The SMILES string of the molecule is CC(C)c1cc(CI)cc(C(C)C)c1O. The average Bonchev–Trinajstić information content (AvgIpc) is 2.17. The minimum atomic E-state index is 0.380. The first-order chi connectivity index (χ1) is 6.97. The Morgan fingerprint density at radius 2 is 1.47 bits per heavy atom. The molecule has 1 rings (SSSR count). The molecule has 0 aliphatic carbocycles. The molecule has 0 aliphatic rings. The standard InChI is InChI=1S/C13H19IO/c1-8(2)11-5-10(7-14)6-12(9(3)4)13(11)15/h5-6,8-9,15H,7H2,1-4H3. The summed E-state index contributed by atoms with van der Waals surface area (Å²) in [4.78, 5) is 0. The van der Waals surface area contributed by atoms with Crippen molar-refractivity contribution in [2.75, 3.05) is 0 Å². The highest BCUT2D eigenvalue weighted by atomic mass is 127. The van der Waals surface area contributed by atoms with Gasteiger partial charge in [0.25, 0.3) is 0 Å². The molecule has 0 saturated carbocycles. The van der Waals surface area contributed by atoms with E-state index in [9.17, 15) is 5.11 Å². The number of rotatable bonds is 3. The third-order valence-corrected chi connectivity index (χ3v) is 3.51. The molecule has 0 spiro atoms. The zero-order valence-electron chi connectivity index (χ0n) is 9.84. The van der Waals surface area contributed by atoms with Gasteiger partial charge in [0.1, 0.15) is 5.75 Å². The largest absolute Gasteiger partial charge is 0.507 e. The molecule has 15 heavy (non-hydrogen) atoms. The molecule has 0 fully saturated rings. The summed E-state index contributed by atoms with van der Waals surface area (Å²) < 4.78 is 0.997. The van der Waals surface area contributed by atoms with E-state index in [-0.39, 0.29) is 0 Å². The molecule has 0 bridgehead atoms. The average molecular weight is 318 g/mol. The Morgan fingerprint density at radius 3 is 1.73 bits per heavy atom. The monoisotopic (exact) mass is 318 g/mol. The summed E-state index contributed by atoms with van der Waals surface area (Å²) in [5, 5.41) is 10.1. The van der Waals surface area contributed by atoms with Crippen molar-refractivity contribution in [1.29, 1.82) is 0 Å². The number of aromatic hydroxyl groups is 1. The maximum Gasteiger partial charge on any atom is 0.122 e. The van der Waals surface area contributed by atoms with Crippen molar-refractivity contribution in [2.45, 2.75) is 44.0 Å². The lowest BCUT2D eigenvalue weighted by Crippen LogP contribution is -1.97. The van der Waals surface area contributed by atoms with E-state index in [0.29, 0.717) is 17.6 Å². The summed E-state index contributed by atoms with van der Waals surface area (Å²) in [6.07, 6.45) is 0. The first-order valence-corrected chi connectivity index (χ1v) is 6.91. The normalized spacial score (nSPS) is 11.4. The number of halogens is 1. The van der Waals surface area contributed by atoms with Crippen molar-refractivity contribution in [3.8, 4) is 5.75 Å². The molecule has 1 aromatic rings. The van der Waals surface area contributed by atoms with E-state index in [1.807, 2.05) is 0 Å². The first-order valence-electron chi connectivity index (χ1n) is 5.39. The molecule has 84 valence electrons. The molecule has 0 unspecified atom stereocenters. The molecule has 0 heterocycles. The zero-order chi connectivity index (χ0) is 11.6. The van der Waals surface area contributed by atoms with E-state index in [2.05, 4.69) is 62.4 Å². The van der Waals surface area contributed by atoms with Crippen LogP contribution < -0.4 is 0 Å². The Kier molecular flexibility index (Phi) is 4.44. The first kappa shape index (κ1) is 12.8. The molecule has 0 aliphatic heterocycles. The van der Waals surface area contributed by atoms with Gasteiger partial charge in [-0.05, 0) is 28.5 Å². The molecule has 0 saturated heterocycles. The van der Waals surface area contributed by atoms with E-state index >= 15 is 0 Å². The van der Waals surface area contributed by atoms with E-state index < -0.39 is 0 Å². The number of alkyl halides is 1. The van der Waals surface area contributed by atoms with Crippen LogP contribution in [0, 0.1) is 0 Å². The molecule has 0 atom stereocenters. The second-order valence-electron chi connectivity index (χ2n) is 4.57. The molecule has 0 aromatic heterocycles. The van der Waals surface area contributed by atoms with Crippen LogP contribution in [0.5, 0.6) is 5.75 Å². The van der Waals surface area contributed by atoms with Crippen molar-refractivity contribution in [2.24, 2.45) is 0 Å². The van der Waals surface area contributed by atoms with Gasteiger partial charge >= 0.3 is 0 Å². The van der Waals surface area contributed by atoms with E-state index in [1.54, 1.807) is 0 Å². The van der Waals surface area contributed by atoms with Gasteiger partial charge in [0, 0.05) is 4.43 Å². The number of phenolic OH excluding ortho intramolecular Hbond substituents is 1. The van der Waals surface area contributed by atoms with Crippen LogP contribution in [-0.2, 0) is 4.43 Å². The fourth-order valence-corrected chi connectivity index (χ4v) is 2.14. The van der Waals surface area contributed by atoms with Crippen molar-refractivity contribution >= 4 is 22.6 Å². The van der Waals surface area contributed by atoms with Gasteiger partial charge in [-0.3, -0.25) is 0 Å². The Labute approximate surface area is 106 Å². The lowest BCUT2D eigenvalue weighted by molar-refractivity contribution is 0.454. The van der Waals surface area contributed by atoms with Gasteiger partial charge in [-0.2, -0.15) is 0 Å².